The largest absolute Gasteiger partial charge is 0.386 e. The molecule has 1 unspecified atom stereocenters. The van der Waals surface area contributed by atoms with Crippen LogP contribution in [0.25, 0.3) is 0 Å². The monoisotopic (exact) mass is 249 g/mol. The maximum absolute atomic E-state index is 10.7. The maximum Gasteiger partial charge on any atom is 0.129 e. The average Bonchev–Trinajstić information content (AvgIpc) is 2.82. The van der Waals surface area contributed by atoms with Crippen LogP contribution in [0.5, 0.6) is 0 Å². The zero-order valence-corrected chi connectivity index (χ0v) is 11.5. The van der Waals surface area contributed by atoms with E-state index in [0.29, 0.717) is 5.82 Å². The van der Waals surface area contributed by atoms with Gasteiger partial charge in [-0.2, -0.15) is 0 Å². The van der Waals surface area contributed by atoms with Gasteiger partial charge >= 0.3 is 0 Å². The Kier molecular flexibility index (Phi) is 3.59. The fourth-order valence-electron chi connectivity index (χ4n) is 2.77. The third-order valence-electron chi connectivity index (χ3n) is 4.10. The van der Waals surface area contributed by atoms with Crippen LogP contribution in [-0.2, 0) is 0 Å². The zero-order valence-electron chi connectivity index (χ0n) is 11.5. The fourth-order valence-corrected chi connectivity index (χ4v) is 2.77. The highest BCUT2D eigenvalue weighted by Crippen LogP contribution is 2.36. The molecular weight excluding hydrogens is 226 g/mol. The summed E-state index contributed by atoms with van der Waals surface area (Å²) in [5.74, 6) is 0.440. The third kappa shape index (κ3) is 2.22. The van der Waals surface area contributed by atoms with Crippen LogP contribution in [0.2, 0.25) is 0 Å². The minimum atomic E-state index is -0.607. The topological polar surface area (TPSA) is 62.4 Å². The number of nitrogens with zero attached hydrogens (tertiary/aromatic N) is 2. The number of likely N-dealkylation sites (tertiary alicyclic amines) is 1. The van der Waals surface area contributed by atoms with Gasteiger partial charge in [0.25, 0.3) is 0 Å². The first-order chi connectivity index (χ1) is 8.44. The molecule has 18 heavy (non-hydrogen) atoms. The lowest BCUT2D eigenvalue weighted by molar-refractivity contribution is 0.00125. The Hall–Kier alpha value is -1.13. The SMILES string of the molecule is Cc1ccnc(N)c1C(O)C(C)(C)N1CCCC1. The van der Waals surface area contributed by atoms with Crippen molar-refractivity contribution in [2.45, 2.75) is 45.3 Å². The Morgan fingerprint density at radius 2 is 2.00 bits per heavy atom. The van der Waals surface area contributed by atoms with E-state index in [9.17, 15) is 5.11 Å². The van der Waals surface area contributed by atoms with E-state index in [1.165, 1.54) is 12.8 Å². The molecule has 1 aromatic rings. The molecular formula is C14H23N3O. The molecule has 4 heteroatoms. The van der Waals surface area contributed by atoms with Crippen LogP contribution in [0.1, 0.15) is 43.9 Å². The first kappa shape index (κ1) is 13.3. The zero-order chi connectivity index (χ0) is 13.3. The molecule has 100 valence electrons. The molecule has 1 fully saturated rings. The third-order valence-corrected chi connectivity index (χ3v) is 4.10. The van der Waals surface area contributed by atoms with Gasteiger partial charge < -0.3 is 10.8 Å². The molecule has 0 saturated carbocycles. The lowest BCUT2D eigenvalue weighted by Gasteiger charge is -2.40. The molecule has 2 heterocycles. The Morgan fingerprint density at radius 3 is 2.56 bits per heavy atom. The predicted molar refractivity (Wildman–Crippen MR) is 73.2 cm³/mol. The Morgan fingerprint density at radius 1 is 1.39 bits per heavy atom. The number of nitrogen functional groups attached to an aromatic ring is 1. The molecule has 1 saturated heterocycles. The van der Waals surface area contributed by atoms with Crippen molar-refractivity contribution in [1.82, 2.24) is 9.88 Å². The van der Waals surface area contributed by atoms with Crippen LogP contribution < -0.4 is 5.73 Å². The van der Waals surface area contributed by atoms with Gasteiger partial charge in [-0.25, -0.2) is 4.98 Å². The van der Waals surface area contributed by atoms with Gasteiger partial charge in [0.1, 0.15) is 11.9 Å². The van der Waals surface area contributed by atoms with Gasteiger partial charge in [0.2, 0.25) is 0 Å². The number of rotatable bonds is 3. The highest BCUT2D eigenvalue weighted by atomic mass is 16.3. The first-order valence-electron chi connectivity index (χ1n) is 6.58. The minimum Gasteiger partial charge on any atom is -0.386 e. The highest BCUT2D eigenvalue weighted by molar-refractivity contribution is 5.46. The summed E-state index contributed by atoms with van der Waals surface area (Å²) in [6.07, 6.45) is 3.49. The number of aromatic nitrogens is 1. The number of hydrogen-bond donors (Lipinski definition) is 2. The van der Waals surface area contributed by atoms with Crippen molar-refractivity contribution in [3.05, 3.63) is 23.4 Å². The van der Waals surface area contributed by atoms with Crippen molar-refractivity contribution >= 4 is 5.82 Å². The van der Waals surface area contributed by atoms with Crippen molar-refractivity contribution in [2.75, 3.05) is 18.8 Å². The molecule has 2 rings (SSSR count). The van der Waals surface area contributed by atoms with Gasteiger partial charge in [0.15, 0.2) is 0 Å². The molecule has 4 nitrogen and oxygen atoms in total. The lowest BCUT2D eigenvalue weighted by Crippen LogP contribution is -2.47. The number of hydrogen-bond acceptors (Lipinski definition) is 4. The molecule has 3 N–H and O–H groups in total. The number of aliphatic hydroxyl groups excluding tert-OH is 1. The Bertz CT molecular complexity index is 405. The Labute approximate surface area is 109 Å². The average molecular weight is 249 g/mol. The fraction of sp³-hybridized carbons (Fsp3) is 0.643. The van der Waals surface area contributed by atoms with Crippen LogP contribution in [0.15, 0.2) is 12.3 Å². The molecule has 0 amide bonds. The summed E-state index contributed by atoms with van der Waals surface area (Å²) in [4.78, 5) is 6.44. The summed E-state index contributed by atoms with van der Waals surface area (Å²) in [7, 11) is 0. The van der Waals surface area contributed by atoms with Gasteiger partial charge in [-0.05, 0) is 58.3 Å². The minimum absolute atomic E-state index is 0.307. The quantitative estimate of drug-likeness (QED) is 0.858. The molecule has 1 aromatic heterocycles. The summed E-state index contributed by atoms with van der Waals surface area (Å²) in [5.41, 5.74) is 7.40. The van der Waals surface area contributed by atoms with Crippen LogP contribution in [0.3, 0.4) is 0 Å². The summed E-state index contributed by atoms with van der Waals surface area (Å²) >= 11 is 0. The second-order valence-corrected chi connectivity index (χ2v) is 5.68. The van der Waals surface area contributed by atoms with Crippen molar-refractivity contribution in [2.24, 2.45) is 0 Å². The van der Waals surface area contributed by atoms with Gasteiger partial charge in [-0.3, -0.25) is 4.90 Å². The van der Waals surface area contributed by atoms with Crippen LogP contribution >= 0.6 is 0 Å². The molecule has 1 aliphatic rings. The van der Waals surface area contributed by atoms with Gasteiger partial charge in [-0.1, -0.05) is 0 Å². The molecule has 0 aliphatic carbocycles. The Balaban J connectivity index is 2.32. The number of pyridine rings is 1. The van der Waals surface area contributed by atoms with Crippen molar-refractivity contribution < 1.29 is 5.11 Å². The van der Waals surface area contributed by atoms with Crippen molar-refractivity contribution in [3.63, 3.8) is 0 Å². The van der Waals surface area contributed by atoms with Crippen molar-refractivity contribution in [1.29, 1.82) is 0 Å². The number of aryl methyl sites for hydroxylation is 1. The summed E-state index contributed by atoms with van der Waals surface area (Å²) in [6, 6.07) is 1.90. The van der Waals surface area contributed by atoms with E-state index >= 15 is 0 Å². The molecule has 1 aliphatic heterocycles. The normalized spacial score (nSPS) is 19.1. The predicted octanol–water partition coefficient (Wildman–Crippen LogP) is 1.88. The number of anilines is 1. The highest BCUT2D eigenvalue weighted by Gasteiger charge is 2.38. The maximum atomic E-state index is 10.7. The summed E-state index contributed by atoms with van der Waals surface area (Å²) < 4.78 is 0. The van der Waals surface area contributed by atoms with Crippen molar-refractivity contribution in [3.8, 4) is 0 Å². The molecule has 0 aromatic carbocycles. The lowest BCUT2D eigenvalue weighted by atomic mass is 9.88. The summed E-state index contributed by atoms with van der Waals surface area (Å²) in [5, 5.41) is 10.7. The second-order valence-electron chi connectivity index (χ2n) is 5.68. The smallest absolute Gasteiger partial charge is 0.129 e. The number of aliphatic hydroxyl groups is 1. The van der Waals surface area contributed by atoms with Gasteiger partial charge in [0.05, 0.1) is 0 Å². The van der Waals surface area contributed by atoms with E-state index < -0.39 is 6.10 Å². The molecule has 0 radical (unpaired) electrons. The number of nitrogens with two attached hydrogens (primary N) is 1. The molecule has 1 atom stereocenters. The standard InChI is InChI=1S/C14H23N3O/c1-10-6-7-16-13(15)11(10)12(18)14(2,3)17-8-4-5-9-17/h6-7,12,18H,4-5,8-9H2,1-3H3,(H2,15,16). The van der Waals surface area contributed by atoms with Gasteiger partial charge in [0, 0.05) is 17.3 Å². The van der Waals surface area contributed by atoms with Crippen LogP contribution in [0, 0.1) is 6.92 Å². The van der Waals surface area contributed by atoms with E-state index in [-0.39, 0.29) is 5.54 Å². The summed E-state index contributed by atoms with van der Waals surface area (Å²) in [6.45, 7) is 8.22. The first-order valence-corrected chi connectivity index (χ1v) is 6.58. The second kappa shape index (κ2) is 4.86. The molecule has 0 bridgehead atoms. The van der Waals surface area contributed by atoms with E-state index in [4.69, 9.17) is 5.73 Å². The van der Waals surface area contributed by atoms with E-state index in [0.717, 1.165) is 24.2 Å². The van der Waals surface area contributed by atoms with Gasteiger partial charge in [-0.15, -0.1) is 0 Å². The van der Waals surface area contributed by atoms with Crippen LogP contribution in [-0.4, -0.2) is 33.6 Å². The van der Waals surface area contributed by atoms with E-state index in [2.05, 4.69) is 23.7 Å². The van der Waals surface area contributed by atoms with E-state index in [1.54, 1.807) is 6.20 Å². The van der Waals surface area contributed by atoms with Crippen LogP contribution in [0.4, 0.5) is 5.82 Å². The van der Waals surface area contributed by atoms with E-state index in [1.807, 2.05) is 13.0 Å². The molecule has 0 spiro atoms.